The highest BCUT2D eigenvalue weighted by atomic mass is 32.2. The molecule has 4 rings (SSSR count). The molecule has 0 spiro atoms. The zero-order valence-electron chi connectivity index (χ0n) is 13.2. The Morgan fingerprint density at radius 3 is 2.80 bits per heavy atom. The van der Waals surface area contributed by atoms with Gasteiger partial charge in [-0.3, -0.25) is 0 Å². The summed E-state index contributed by atoms with van der Waals surface area (Å²) in [4.78, 5) is 0.0132. The minimum atomic E-state index is -4.04. The molecule has 2 unspecified atom stereocenters. The van der Waals surface area contributed by atoms with E-state index in [9.17, 15) is 17.2 Å². The molecule has 0 saturated heterocycles. The fraction of sp³-hybridized carbons (Fsp3) is 0.278. The van der Waals surface area contributed by atoms with Gasteiger partial charge >= 0.3 is 0 Å². The zero-order valence-corrected chi connectivity index (χ0v) is 14.0. The smallest absolute Gasteiger partial charge is 0.219 e. The summed E-state index contributed by atoms with van der Waals surface area (Å²) in [5.41, 5.74) is 1.22. The summed E-state index contributed by atoms with van der Waals surface area (Å²) < 4.78 is 58.9. The van der Waals surface area contributed by atoms with E-state index in [4.69, 9.17) is 10.00 Å². The van der Waals surface area contributed by atoms with Gasteiger partial charge in [0.1, 0.15) is 17.3 Å². The third kappa shape index (κ3) is 2.10. The number of sulfone groups is 1. The van der Waals surface area contributed by atoms with E-state index in [0.717, 1.165) is 19.1 Å². The second kappa shape index (κ2) is 5.02. The third-order valence-corrected chi connectivity index (χ3v) is 7.24. The van der Waals surface area contributed by atoms with E-state index in [1.54, 1.807) is 0 Å². The molecule has 1 aliphatic carbocycles. The highest BCUT2D eigenvalue weighted by Gasteiger charge is 2.58. The summed E-state index contributed by atoms with van der Waals surface area (Å²) in [6.45, 7) is 1.11. The van der Waals surface area contributed by atoms with Crippen LogP contribution in [0.2, 0.25) is 0 Å². The maximum atomic E-state index is 14.9. The van der Waals surface area contributed by atoms with Crippen LogP contribution in [0.15, 0.2) is 35.2 Å². The number of hydrogen-bond donors (Lipinski definition) is 0. The third-order valence-electron chi connectivity index (χ3n) is 4.97. The quantitative estimate of drug-likeness (QED) is 0.811. The monoisotopic (exact) mass is 361 g/mol. The van der Waals surface area contributed by atoms with Crippen LogP contribution in [-0.4, -0.2) is 13.4 Å². The van der Waals surface area contributed by atoms with Crippen molar-refractivity contribution < 1.29 is 21.9 Å². The first-order chi connectivity index (χ1) is 11.8. The lowest BCUT2D eigenvalue weighted by Gasteiger charge is -2.18. The molecule has 0 fully saturated rings. The molecule has 0 bridgehead atoms. The fourth-order valence-corrected chi connectivity index (χ4v) is 5.60. The number of rotatable bonds is 2. The van der Waals surface area contributed by atoms with Crippen LogP contribution in [0.5, 0.6) is 11.5 Å². The van der Waals surface area contributed by atoms with Gasteiger partial charge in [-0.25, -0.2) is 17.2 Å². The number of halogens is 2. The van der Waals surface area contributed by atoms with E-state index >= 15 is 0 Å². The van der Waals surface area contributed by atoms with Crippen molar-refractivity contribution in [3.63, 3.8) is 0 Å². The highest BCUT2D eigenvalue weighted by Crippen LogP contribution is 2.57. The molecule has 0 aromatic heterocycles. The first-order valence-electron chi connectivity index (χ1n) is 7.73. The van der Waals surface area contributed by atoms with E-state index in [2.05, 4.69) is 0 Å². The molecule has 0 saturated carbocycles. The topological polar surface area (TPSA) is 67.2 Å². The SMILES string of the molecule is CC1(F)C2CCc3c(Oc4cc(F)cc(C#N)c4)ccc(c32)S1(=O)=O. The van der Waals surface area contributed by atoms with Crippen LogP contribution in [0.4, 0.5) is 8.78 Å². The van der Waals surface area contributed by atoms with Crippen molar-refractivity contribution in [3.05, 3.63) is 52.8 Å². The first-order valence-corrected chi connectivity index (χ1v) is 9.22. The van der Waals surface area contributed by atoms with Crippen LogP contribution in [0.1, 0.15) is 36.0 Å². The van der Waals surface area contributed by atoms with Crippen molar-refractivity contribution in [1.82, 2.24) is 0 Å². The van der Waals surface area contributed by atoms with E-state index in [1.165, 1.54) is 18.2 Å². The van der Waals surface area contributed by atoms with E-state index in [1.807, 2.05) is 6.07 Å². The van der Waals surface area contributed by atoms with Gasteiger partial charge in [-0.15, -0.1) is 0 Å². The molecule has 0 N–H and O–H groups in total. The molecule has 1 heterocycles. The number of nitrogens with zero attached hydrogens (tertiary/aromatic N) is 1. The van der Waals surface area contributed by atoms with Gasteiger partial charge in [0.25, 0.3) is 0 Å². The number of ether oxygens (including phenoxy) is 1. The van der Waals surface area contributed by atoms with Crippen molar-refractivity contribution in [2.75, 3.05) is 0 Å². The van der Waals surface area contributed by atoms with Crippen LogP contribution in [0.25, 0.3) is 0 Å². The van der Waals surface area contributed by atoms with Gasteiger partial charge in [-0.05, 0) is 55.2 Å². The second-order valence-corrected chi connectivity index (χ2v) is 8.67. The van der Waals surface area contributed by atoms with E-state index < -0.39 is 26.6 Å². The average molecular weight is 361 g/mol. The Balaban J connectivity index is 1.82. The first kappa shape index (κ1) is 16.0. The number of nitriles is 1. The average Bonchev–Trinajstić information content (AvgIpc) is 3.05. The standard InChI is InChI=1S/C18H13F2NO3S/c1-18(20)14-3-2-13-15(4-5-16(17(13)14)25(18,22)23)24-12-7-10(9-21)6-11(19)8-12/h4-8,14H,2-3H2,1H3. The van der Waals surface area contributed by atoms with Crippen LogP contribution >= 0.6 is 0 Å². The van der Waals surface area contributed by atoms with Crippen molar-refractivity contribution in [2.45, 2.75) is 35.6 Å². The van der Waals surface area contributed by atoms with Gasteiger partial charge < -0.3 is 4.74 Å². The molecular formula is C18H13F2NO3S. The Labute approximate surface area is 143 Å². The minimum absolute atomic E-state index is 0.0132. The second-order valence-electron chi connectivity index (χ2n) is 6.42. The van der Waals surface area contributed by atoms with Gasteiger partial charge in [0.05, 0.1) is 16.5 Å². The summed E-state index contributed by atoms with van der Waals surface area (Å²) in [5, 5.41) is 6.59. The van der Waals surface area contributed by atoms with Crippen molar-refractivity contribution >= 4 is 9.84 Å². The molecule has 2 atom stereocenters. The van der Waals surface area contributed by atoms with Crippen molar-refractivity contribution in [3.8, 4) is 17.6 Å². The van der Waals surface area contributed by atoms with Crippen molar-refractivity contribution in [1.29, 1.82) is 5.26 Å². The molecule has 1 aliphatic heterocycles. The predicted molar refractivity (Wildman–Crippen MR) is 85.4 cm³/mol. The molecule has 0 radical (unpaired) electrons. The van der Waals surface area contributed by atoms with Crippen LogP contribution in [0.3, 0.4) is 0 Å². The molecule has 128 valence electrons. The number of hydrogen-bond acceptors (Lipinski definition) is 4. The van der Waals surface area contributed by atoms with Crippen molar-refractivity contribution in [2.24, 2.45) is 0 Å². The lowest BCUT2D eigenvalue weighted by Crippen LogP contribution is -2.30. The number of alkyl halides is 1. The van der Waals surface area contributed by atoms with Gasteiger partial charge in [0.2, 0.25) is 14.8 Å². The Kier molecular flexibility index (Phi) is 3.22. The summed E-state index contributed by atoms with van der Waals surface area (Å²) in [6, 6.07) is 8.28. The van der Waals surface area contributed by atoms with Gasteiger partial charge in [0.15, 0.2) is 0 Å². The van der Waals surface area contributed by atoms with E-state index in [0.29, 0.717) is 29.7 Å². The van der Waals surface area contributed by atoms with Crippen LogP contribution in [-0.2, 0) is 16.3 Å². The Hall–Kier alpha value is -2.46. The largest absolute Gasteiger partial charge is 0.457 e. The summed E-state index contributed by atoms with van der Waals surface area (Å²) >= 11 is 0. The Morgan fingerprint density at radius 2 is 2.08 bits per heavy atom. The van der Waals surface area contributed by atoms with Gasteiger partial charge in [-0.2, -0.15) is 5.26 Å². The molecule has 2 aliphatic rings. The maximum absolute atomic E-state index is 14.9. The molecule has 2 aromatic carbocycles. The lowest BCUT2D eigenvalue weighted by atomic mass is 9.97. The summed E-state index contributed by atoms with van der Waals surface area (Å²) in [6.07, 6.45) is 0.861. The fourth-order valence-electron chi connectivity index (χ4n) is 3.76. The summed E-state index contributed by atoms with van der Waals surface area (Å²) in [5.74, 6) is -0.819. The van der Waals surface area contributed by atoms with Crippen LogP contribution < -0.4 is 4.74 Å². The Bertz CT molecular complexity index is 1050. The molecule has 2 aromatic rings. The maximum Gasteiger partial charge on any atom is 0.219 e. The molecule has 0 amide bonds. The van der Waals surface area contributed by atoms with Gasteiger partial charge in [0, 0.05) is 12.0 Å². The molecule has 4 nitrogen and oxygen atoms in total. The Morgan fingerprint density at radius 1 is 1.32 bits per heavy atom. The lowest BCUT2D eigenvalue weighted by molar-refractivity contribution is 0.251. The highest BCUT2D eigenvalue weighted by molar-refractivity contribution is 7.93. The normalized spacial score (nSPS) is 25.4. The molecule has 25 heavy (non-hydrogen) atoms. The minimum Gasteiger partial charge on any atom is -0.457 e. The zero-order chi connectivity index (χ0) is 18.0. The summed E-state index contributed by atoms with van der Waals surface area (Å²) in [7, 11) is -4.04. The number of benzene rings is 2. The molecular weight excluding hydrogens is 348 g/mol. The predicted octanol–water partition coefficient (Wildman–Crippen LogP) is 3.99. The van der Waals surface area contributed by atoms with Gasteiger partial charge in [-0.1, -0.05) is 0 Å². The van der Waals surface area contributed by atoms with E-state index in [-0.39, 0.29) is 16.2 Å². The van der Waals surface area contributed by atoms with Crippen LogP contribution in [0, 0.1) is 17.1 Å². The molecule has 7 heteroatoms.